The van der Waals surface area contributed by atoms with Crippen LogP contribution in [-0.4, -0.2) is 41.2 Å². The molecule has 3 N–H and O–H groups in total. The summed E-state index contributed by atoms with van der Waals surface area (Å²) in [7, 11) is 1.41. The van der Waals surface area contributed by atoms with Crippen LogP contribution in [0.1, 0.15) is 37.3 Å². The van der Waals surface area contributed by atoms with Crippen LogP contribution in [-0.2, 0) is 4.79 Å². The molecule has 31 heavy (non-hydrogen) atoms. The third-order valence-corrected chi connectivity index (χ3v) is 6.00. The van der Waals surface area contributed by atoms with Crippen molar-refractivity contribution < 1.29 is 14.6 Å². The molecule has 9 heteroatoms. The Morgan fingerprint density at radius 1 is 1.26 bits per heavy atom. The number of carbonyl (C=O) groups excluding carboxylic acids is 1. The standard InChI is InChI=1S/C22H25N5O4/c1-11-7-12(2)10-27(9-11)22-25-19-17(21(30)26-22)16(14(8-23)20(29)24-19)13-5-4-6-15(31-3)18(13)28/h4-6,11-12,14,16,28H,7,9-10H2,1-3H3,(H2,24,25,26,29,30). The number of rotatable bonds is 3. The molecule has 0 spiro atoms. The van der Waals surface area contributed by atoms with E-state index in [-0.39, 0.29) is 28.4 Å². The Kier molecular flexibility index (Phi) is 5.31. The van der Waals surface area contributed by atoms with E-state index in [0.717, 1.165) is 19.5 Å². The number of piperidine rings is 1. The van der Waals surface area contributed by atoms with Crippen molar-refractivity contribution in [1.29, 1.82) is 5.26 Å². The van der Waals surface area contributed by atoms with Gasteiger partial charge in [-0.25, -0.2) is 0 Å². The molecule has 4 unspecified atom stereocenters. The van der Waals surface area contributed by atoms with Crippen LogP contribution in [0.4, 0.5) is 11.8 Å². The lowest BCUT2D eigenvalue weighted by Gasteiger charge is -2.36. The van der Waals surface area contributed by atoms with Crippen molar-refractivity contribution >= 4 is 17.7 Å². The highest BCUT2D eigenvalue weighted by Crippen LogP contribution is 2.44. The van der Waals surface area contributed by atoms with Crippen molar-refractivity contribution in [1.82, 2.24) is 9.97 Å². The molecule has 2 aliphatic heterocycles. The van der Waals surface area contributed by atoms with Gasteiger partial charge in [-0.05, 0) is 24.3 Å². The number of amides is 1. The number of aromatic amines is 1. The van der Waals surface area contributed by atoms with Crippen LogP contribution in [0.25, 0.3) is 0 Å². The average Bonchev–Trinajstić information content (AvgIpc) is 2.72. The molecule has 0 aliphatic carbocycles. The maximum Gasteiger partial charge on any atom is 0.258 e. The van der Waals surface area contributed by atoms with E-state index in [1.54, 1.807) is 18.2 Å². The lowest BCUT2D eigenvalue weighted by Crippen LogP contribution is -2.42. The zero-order valence-corrected chi connectivity index (χ0v) is 17.7. The molecule has 0 saturated carbocycles. The van der Waals surface area contributed by atoms with Gasteiger partial charge in [0.2, 0.25) is 11.9 Å². The largest absolute Gasteiger partial charge is 0.504 e. The first-order valence-corrected chi connectivity index (χ1v) is 10.3. The average molecular weight is 423 g/mol. The zero-order valence-electron chi connectivity index (χ0n) is 17.7. The Hall–Kier alpha value is -3.54. The summed E-state index contributed by atoms with van der Waals surface area (Å²) < 4.78 is 5.17. The van der Waals surface area contributed by atoms with Gasteiger partial charge in [0.05, 0.1) is 18.7 Å². The summed E-state index contributed by atoms with van der Waals surface area (Å²) in [5.74, 6) is -1.35. The third-order valence-electron chi connectivity index (χ3n) is 6.00. The van der Waals surface area contributed by atoms with Crippen molar-refractivity contribution in [2.75, 3.05) is 30.4 Å². The summed E-state index contributed by atoms with van der Waals surface area (Å²) in [5, 5.41) is 23.0. The van der Waals surface area contributed by atoms with Crippen molar-refractivity contribution in [3.8, 4) is 17.6 Å². The number of hydrogen-bond donors (Lipinski definition) is 3. The van der Waals surface area contributed by atoms with Gasteiger partial charge in [0.15, 0.2) is 11.5 Å². The summed E-state index contributed by atoms with van der Waals surface area (Å²) in [5.41, 5.74) is -0.0304. The number of nitrogens with zero attached hydrogens (tertiary/aromatic N) is 3. The fraction of sp³-hybridized carbons (Fsp3) is 0.455. The number of fused-ring (bicyclic) bond motifs is 1. The molecule has 1 aromatic heterocycles. The van der Waals surface area contributed by atoms with Crippen LogP contribution >= 0.6 is 0 Å². The van der Waals surface area contributed by atoms with Crippen molar-refractivity contribution in [2.45, 2.75) is 26.2 Å². The first-order chi connectivity index (χ1) is 14.8. The number of hydrogen-bond acceptors (Lipinski definition) is 7. The second-order valence-electron chi connectivity index (χ2n) is 8.47. The number of H-pyrrole nitrogens is 1. The highest BCUT2D eigenvalue weighted by Gasteiger charge is 2.42. The highest BCUT2D eigenvalue weighted by molar-refractivity contribution is 5.98. The van der Waals surface area contributed by atoms with Crippen LogP contribution in [0.3, 0.4) is 0 Å². The molecule has 1 aromatic carbocycles. The molecular formula is C22H25N5O4. The smallest absolute Gasteiger partial charge is 0.258 e. The first-order valence-electron chi connectivity index (χ1n) is 10.3. The van der Waals surface area contributed by atoms with Gasteiger partial charge in [0.1, 0.15) is 11.7 Å². The second kappa shape index (κ2) is 7.95. The van der Waals surface area contributed by atoms with E-state index < -0.39 is 23.3 Å². The maximum absolute atomic E-state index is 13.2. The van der Waals surface area contributed by atoms with Gasteiger partial charge < -0.3 is 20.1 Å². The van der Waals surface area contributed by atoms with E-state index in [1.165, 1.54) is 7.11 Å². The topological polar surface area (TPSA) is 131 Å². The minimum atomic E-state index is -1.20. The van der Waals surface area contributed by atoms with Crippen LogP contribution < -0.4 is 20.5 Å². The Bertz CT molecular complexity index is 1110. The van der Waals surface area contributed by atoms with Crippen LogP contribution in [0, 0.1) is 29.1 Å². The number of nitrogens with one attached hydrogen (secondary N) is 2. The lowest BCUT2D eigenvalue weighted by atomic mass is 9.78. The molecule has 1 amide bonds. The Labute approximate surface area is 179 Å². The Balaban J connectivity index is 1.86. The molecule has 2 aromatic rings. The fourth-order valence-corrected chi connectivity index (χ4v) is 4.78. The van der Waals surface area contributed by atoms with Gasteiger partial charge in [0, 0.05) is 24.6 Å². The normalized spacial score (nSPS) is 25.4. The molecule has 4 rings (SSSR count). The van der Waals surface area contributed by atoms with Gasteiger partial charge in [-0.2, -0.15) is 10.2 Å². The number of ether oxygens (including phenoxy) is 1. The molecule has 0 radical (unpaired) electrons. The van der Waals surface area contributed by atoms with Gasteiger partial charge in [-0.1, -0.05) is 26.0 Å². The first kappa shape index (κ1) is 20.7. The number of methoxy groups -OCH3 is 1. The quantitative estimate of drug-likeness (QED) is 0.689. The molecule has 0 bridgehead atoms. The lowest BCUT2D eigenvalue weighted by molar-refractivity contribution is -0.119. The number of benzene rings is 1. The molecule has 2 aliphatic rings. The highest BCUT2D eigenvalue weighted by atomic mass is 16.5. The van der Waals surface area contributed by atoms with E-state index in [0.29, 0.717) is 17.8 Å². The van der Waals surface area contributed by atoms with Crippen molar-refractivity contribution in [3.05, 3.63) is 39.7 Å². The molecular weight excluding hydrogens is 398 g/mol. The second-order valence-corrected chi connectivity index (χ2v) is 8.47. The summed E-state index contributed by atoms with van der Waals surface area (Å²) in [6, 6.07) is 6.75. The Morgan fingerprint density at radius 3 is 2.61 bits per heavy atom. The van der Waals surface area contributed by atoms with Gasteiger partial charge in [-0.15, -0.1) is 0 Å². The predicted molar refractivity (Wildman–Crippen MR) is 114 cm³/mol. The minimum Gasteiger partial charge on any atom is -0.504 e. The third kappa shape index (κ3) is 3.58. The van der Waals surface area contributed by atoms with Crippen LogP contribution in [0.5, 0.6) is 11.5 Å². The minimum absolute atomic E-state index is 0.119. The number of phenols is 1. The molecule has 1 fully saturated rings. The fourth-order valence-electron chi connectivity index (χ4n) is 4.78. The number of aromatic nitrogens is 2. The predicted octanol–water partition coefficient (Wildman–Crippen LogP) is 2.19. The van der Waals surface area contributed by atoms with Gasteiger partial charge in [-0.3, -0.25) is 14.6 Å². The van der Waals surface area contributed by atoms with Crippen LogP contribution in [0.15, 0.2) is 23.0 Å². The number of anilines is 2. The van der Waals surface area contributed by atoms with E-state index in [2.05, 4.69) is 29.1 Å². The van der Waals surface area contributed by atoms with Crippen molar-refractivity contribution in [2.24, 2.45) is 17.8 Å². The molecule has 4 atom stereocenters. The Morgan fingerprint density at radius 2 is 1.97 bits per heavy atom. The zero-order chi connectivity index (χ0) is 22.3. The number of aromatic hydroxyl groups is 1. The molecule has 9 nitrogen and oxygen atoms in total. The van der Waals surface area contributed by atoms with E-state index in [1.807, 2.05) is 11.0 Å². The maximum atomic E-state index is 13.2. The van der Waals surface area contributed by atoms with E-state index >= 15 is 0 Å². The SMILES string of the molecule is COc1cccc(C2c3c(nc(N4CC(C)CC(C)C4)[nH]c3=O)NC(=O)C2C#N)c1O. The number of phenolic OH excluding ortho intramolecular Hbond substituents is 1. The van der Waals surface area contributed by atoms with Gasteiger partial charge in [0.25, 0.3) is 5.56 Å². The van der Waals surface area contributed by atoms with E-state index in [4.69, 9.17) is 4.74 Å². The summed E-state index contributed by atoms with van der Waals surface area (Å²) >= 11 is 0. The number of para-hydroxylation sites is 1. The summed E-state index contributed by atoms with van der Waals surface area (Å²) in [6.07, 6.45) is 1.10. The van der Waals surface area contributed by atoms with E-state index in [9.17, 15) is 20.0 Å². The van der Waals surface area contributed by atoms with Gasteiger partial charge >= 0.3 is 0 Å². The molecule has 3 heterocycles. The van der Waals surface area contributed by atoms with Crippen molar-refractivity contribution in [3.63, 3.8) is 0 Å². The van der Waals surface area contributed by atoms with Crippen LogP contribution in [0.2, 0.25) is 0 Å². The summed E-state index contributed by atoms with van der Waals surface area (Å²) in [4.78, 5) is 35.3. The summed E-state index contributed by atoms with van der Waals surface area (Å²) in [6.45, 7) is 5.81. The number of carbonyl (C=O) groups is 1. The monoisotopic (exact) mass is 423 g/mol. The molecule has 1 saturated heterocycles. The number of nitriles is 1. The molecule has 162 valence electrons.